The van der Waals surface area contributed by atoms with Crippen molar-refractivity contribution in [2.45, 2.75) is 44.6 Å². The Balaban J connectivity index is 1.70. The number of rotatable bonds is 6. The third kappa shape index (κ3) is 4.11. The summed E-state index contributed by atoms with van der Waals surface area (Å²) in [5, 5.41) is 0.685. The molecule has 98 valence electrons. The van der Waals surface area contributed by atoms with Crippen LogP contribution < -0.4 is 0 Å². The van der Waals surface area contributed by atoms with Crippen molar-refractivity contribution in [2.75, 3.05) is 6.61 Å². The van der Waals surface area contributed by atoms with Crippen LogP contribution in [0.1, 0.15) is 37.7 Å². The Morgan fingerprint density at radius 2 is 2.22 bits per heavy atom. The van der Waals surface area contributed by atoms with E-state index in [1.54, 1.807) is 0 Å². The van der Waals surface area contributed by atoms with Crippen LogP contribution in [0.5, 0.6) is 0 Å². The fraction of sp³-hybridized carbons (Fsp3) is 0.533. The summed E-state index contributed by atoms with van der Waals surface area (Å²) in [6.07, 6.45) is 5.72. The maximum Gasteiger partial charge on any atom is 0.137 e. The summed E-state index contributed by atoms with van der Waals surface area (Å²) >= 11 is 6.03. The largest absolute Gasteiger partial charge is 0.378 e. The maximum absolute atomic E-state index is 11.8. The van der Waals surface area contributed by atoms with Gasteiger partial charge in [-0.25, -0.2) is 0 Å². The highest BCUT2D eigenvalue weighted by Gasteiger charge is 2.15. The van der Waals surface area contributed by atoms with E-state index in [0.29, 0.717) is 24.0 Å². The van der Waals surface area contributed by atoms with Crippen LogP contribution >= 0.6 is 11.6 Å². The van der Waals surface area contributed by atoms with Crippen molar-refractivity contribution in [2.24, 2.45) is 0 Å². The second-order valence-electron chi connectivity index (χ2n) is 4.83. The molecule has 0 bridgehead atoms. The molecular weight excluding hydrogens is 248 g/mol. The molecule has 1 aliphatic heterocycles. The molecule has 0 aromatic heterocycles. The number of ketones is 1. The number of carbonyl (C=O) groups excluding carboxylic acids is 1. The Kier molecular flexibility index (Phi) is 5.21. The van der Waals surface area contributed by atoms with Gasteiger partial charge in [-0.05, 0) is 37.3 Å². The van der Waals surface area contributed by atoms with Crippen molar-refractivity contribution >= 4 is 17.4 Å². The lowest BCUT2D eigenvalue weighted by Gasteiger charge is -2.08. The quantitative estimate of drug-likeness (QED) is 0.783. The standard InChI is InChI=1S/C15H19ClO2/c16-15-9-2-1-5-12(15)11-13(17)6-3-7-14-8-4-10-18-14/h1-2,5,9,14H,3-4,6-8,10-11H2. The first-order chi connectivity index (χ1) is 8.75. The summed E-state index contributed by atoms with van der Waals surface area (Å²) < 4.78 is 5.54. The van der Waals surface area contributed by atoms with E-state index in [9.17, 15) is 4.79 Å². The van der Waals surface area contributed by atoms with Gasteiger partial charge in [0.05, 0.1) is 6.10 Å². The molecule has 3 heteroatoms. The molecule has 1 unspecified atom stereocenters. The number of hydrogen-bond donors (Lipinski definition) is 0. The third-order valence-corrected chi connectivity index (χ3v) is 3.72. The van der Waals surface area contributed by atoms with E-state index >= 15 is 0 Å². The van der Waals surface area contributed by atoms with Gasteiger partial charge in [0.1, 0.15) is 5.78 Å². The third-order valence-electron chi connectivity index (χ3n) is 3.35. The molecule has 18 heavy (non-hydrogen) atoms. The van der Waals surface area contributed by atoms with E-state index in [1.165, 1.54) is 0 Å². The Labute approximate surface area is 113 Å². The lowest BCUT2D eigenvalue weighted by atomic mass is 10.0. The van der Waals surface area contributed by atoms with Crippen molar-refractivity contribution in [3.05, 3.63) is 34.9 Å². The number of carbonyl (C=O) groups is 1. The zero-order valence-corrected chi connectivity index (χ0v) is 11.3. The smallest absolute Gasteiger partial charge is 0.137 e. The first kappa shape index (κ1) is 13.6. The van der Waals surface area contributed by atoms with Crippen LogP contribution in [0.4, 0.5) is 0 Å². The van der Waals surface area contributed by atoms with Crippen molar-refractivity contribution in [3.8, 4) is 0 Å². The molecule has 1 atom stereocenters. The normalized spacial score (nSPS) is 19.1. The summed E-state index contributed by atoms with van der Waals surface area (Å²) in [5.74, 6) is 0.265. The van der Waals surface area contributed by atoms with Crippen molar-refractivity contribution < 1.29 is 9.53 Å². The fourth-order valence-corrected chi connectivity index (χ4v) is 2.54. The second-order valence-corrected chi connectivity index (χ2v) is 5.24. The van der Waals surface area contributed by atoms with Gasteiger partial charge in [0.15, 0.2) is 0 Å². The molecule has 1 aromatic carbocycles. The molecular formula is C15H19ClO2. The summed E-state index contributed by atoms with van der Waals surface area (Å²) in [4.78, 5) is 11.8. The average Bonchev–Trinajstić information content (AvgIpc) is 2.85. The molecule has 0 amide bonds. The van der Waals surface area contributed by atoms with E-state index in [-0.39, 0.29) is 5.78 Å². The highest BCUT2D eigenvalue weighted by Crippen LogP contribution is 2.19. The molecule has 1 aromatic rings. The van der Waals surface area contributed by atoms with E-state index in [1.807, 2.05) is 24.3 Å². The van der Waals surface area contributed by atoms with E-state index in [2.05, 4.69) is 0 Å². The number of ether oxygens (including phenoxy) is 1. The van der Waals surface area contributed by atoms with Crippen LogP contribution in [0.15, 0.2) is 24.3 Å². The van der Waals surface area contributed by atoms with Crippen LogP contribution in [0, 0.1) is 0 Å². The monoisotopic (exact) mass is 266 g/mol. The minimum absolute atomic E-state index is 0.265. The first-order valence-electron chi connectivity index (χ1n) is 6.62. The zero-order chi connectivity index (χ0) is 12.8. The minimum atomic E-state index is 0.265. The molecule has 2 nitrogen and oxygen atoms in total. The Morgan fingerprint density at radius 3 is 2.94 bits per heavy atom. The van der Waals surface area contributed by atoms with Gasteiger partial charge >= 0.3 is 0 Å². The molecule has 0 saturated carbocycles. The zero-order valence-electron chi connectivity index (χ0n) is 10.5. The lowest BCUT2D eigenvalue weighted by Crippen LogP contribution is -2.08. The minimum Gasteiger partial charge on any atom is -0.378 e. The molecule has 1 aliphatic rings. The van der Waals surface area contributed by atoms with Crippen molar-refractivity contribution in [3.63, 3.8) is 0 Å². The van der Waals surface area contributed by atoms with Crippen LogP contribution in [0.2, 0.25) is 5.02 Å². The van der Waals surface area contributed by atoms with Gasteiger partial charge in [0.25, 0.3) is 0 Å². The highest BCUT2D eigenvalue weighted by molar-refractivity contribution is 6.31. The van der Waals surface area contributed by atoms with Gasteiger partial charge in [-0.3, -0.25) is 4.79 Å². The Morgan fingerprint density at radius 1 is 1.39 bits per heavy atom. The van der Waals surface area contributed by atoms with E-state index < -0.39 is 0 Å². The van der Waals surface area contributed by atoms with Crippen LogP contribution in [0.25, 0.3) is 0 Å². The molecule has 2 rings (SSSR count). The molecule has 0 N–H and O–H groups in total. The average molecular weight is 267 g/mol. The molecule has 0 radical (unpaired) electrons. The molecule has 0 spiro atoms. The van der Waals surface area contributed by atoms with Crippen molar-refractivity contribution in [1.29, 1.82) is 0 Å². The molecule has 1 fully saturated rings. The first-order valence-corrected chi connectivity index (χ1v) is 7.00. The number of halogens is 1. The van der Waals surface area contributed by atoms with E-state index in [0.717, 1.165) is 37.9 Å². The summed E-state index contributed by atoms with van der Waals surface area (Å²) in [7, 11) is 0. The maximum atomic E-state index is 11.8. The number of Topliss-reactive ketones (excluding diaryl/α,β-unsaturated/α-hetero) is 1. The van der Waals surface area contributed by atoms with E-state index in [4.69, 9.17) is 16.3 Å². The van der Waals surface area contributed by atoms with Gasteiger partial charge in [-0.15, -0.1) is 0 Å². The van der Waals surface area contributed by atoms with Gasteiger partial charge in [-0.2, -0.15) is 0 Å². The van der Waals surface area contributed by atoms with Gasteiger partial charge in [0, 0.05) is 24.5 Å². The van der Waals surface area contributed by atoms with Gasteiger partial charge in [0.2, 0.25) is 0 Å². The topological polar surface area (TPSA) is 26.3 Å². The van der Waals surface area contributed by atoms with Crippen molar-refractivity contribution in [1.82, 2.24) is 0 Å². The molecule has 1 saturated heterocycles. The summed E-state index contributed by atoms with van der Waals surface area (Å²) in [5.41, 5.74) is 0.932. The second kappa shape index (κ2) is 6.91. The molecule has 0 aliphatic carbocycles. The predicted molar refractivity (Wildman–Crippen MR) is 73.0 cm³/mol. The summed E-state index contributed by atoms with van der Waals surface area (Å²) in [6, 6.07) is 7.55. The number of hydrogen-bond acceptors (Lipinski definition) is 2. The Hall–Kier alpha value is -0.860. The van der Waals surface area contributed by atoms with Gasteiger partial charge in [-0.1, -0.05) is 29.8 Å². The highest BCUT2D eigenvalue weighted by atomic mass is 35.5. The lowest BCUT2D eigenvalue weighted by molar-refractivity contribution is -0.118. The molecule has 1 heterocycles. The van der Waals surface area contributed by atoms with Gasteiger partial charge < -0.3 is 4.74 Å². The number of benzene rings is 1. The Bertz CT molecular complexity index is 397. The summed E-state index contributed by atoms with van der Waals surface area (Å²) in [6.45, 7) is 0.887. The van der Waals surface area contributed by atoms with Crippen LogP contribution in [-0.4, -0.2) is 18.5 Å². The predicted octanol–water partition coefficient (Wildman–Crippen LogP) is 3.80. The fourth-order valence-electron chi connectivity index (χ4n) is 2.34. The SMILES string of the molecule is O=C(CCCC1CCCO1)Cc1ccccc1Cl. The van der Waals surface area contributed by atoms with Crippen LogP contribution in [-0.2, 0) is 16.0 Å². The van der Waals surface area contributed by atoms with Crippen LogP contribution in [0.3, 0.4) is 0 Å².